The predicted molar refractivity (Wildman–Crippen MR) is 198 cm³/mol. The quantitative estimate of drug-likeness (QED) is 0.149. The van der Waals surface area contributed by atoms with Gasteiger partial charge in [-0.3, -0.25) is 28.8 Å². The van der Waals surface area contributed by atoms with E-state index in [0.29, 0.717) is 18.6 Å². The molecule has 2 aliphatic rings. The third kappa shape index (κ3) is 15.4. The fraction of sp³-hybridized carbons (Fsp3) is 0.641. The summed E-state index contributed by atoms with van der Waals surface area (Å²) >= 11 is 0. The van der Waals surface area contributed by atoms with Gasteiger partial charge in [-0.05, 0) is 24.8 Å². The molecule has 9 atom stereocenters. The summed E-state index contributed by atoms with van der Waals surface area (Å²) in [5.41, 5.74) is -1.82. The topological polar surface area (TPSA) is 253 Å². The number of nitrogens with one attached hydrogen (secondary N) is 2. The van der Waals surface area contributed by atoms with Crippen molar-refractivity contribution < 1.29 is 85.7 Å². The van der Waals surface area contributed by atoms with E-state index in [2.05, 4.69) is 10.6 Å². The Bertz CT molecular complexity index is 1620. The van der Waals surface area contributed by atoms with Crippen molar-refractivity contribution in [2.75, 3.05) is 26.9 Å². The van der Waals surface area contributed by atoms with Crippen molar-refractivity contribution in [2.24, 2.45) is 0 Å². The molecule has 59 heavy (non-hydrogen) atoms. The molecular weight excluding hydrogens is 784 g/mol. The molecule has 2 heterocycles. The van der Waals surface area contributed by atoms with Gasteiger partial charge in [0, 0.05) is 61.0 Å². The summed E-state index contributed by atoms with van der Waals surface area (Å²) in [6.07, 6.45) is -9.07. The smallest absolute Gasteiger partial charge is 0.407 e. The summed E-state index contributed by atoms with van der Waals surface area (Å²) < 4.78 is 56.7. The van der Waals surface area contributed by atoms with Crippen LogP contribution in [-0.2, 0) is 87.5 Å². The standard InChI is InChI=1S/C39H54N2O18/c1-22(42)40-34-30(55-24(3)44)18-39(37(48)50-7,59-36(34)35(58-27(6)47)31(56-25(4)45)21-52-23(2)43)32(57-26(5)46)17-29(20-53-33-15-11-12-16-51-33)41-38(49)54-19-28-13-9-8-10-14-28/h8-10,13-14,29-36H,11-12,15-21H2,1-7H3,(H,40,42)(H,41,49)/t29-,30-,31+,32?,33?,34+,35+,36+,39-/m0/s1. The van der Waals surface area contributed by atoms with Crippen LogP contribution in [0.5, 0.6) is 0 Å². The van der Waals surface area contributed by atoms with Crippen molar-refractivity contribution >= 4 is 47.8 Å². The first kappa shape index (κ1) is 48.0. The van der Waals surface area contributed by atoms with Crippen molar-refractivity contribution in [2.45, 2.75) is 135 Å². The third-order valence-electron chi connectivity index (χ3n) is 9.07. The molecule has 3 rings (SSSR count). The van der Waals surface area contributed by atoms with Crippen LogP contribution < -0.4 is 10.6 Å². The molecule has 20 nitrogen and oxygen atoms in total. The molecule has 0 saturated carbocycles. The first-order chi connectivity index (χ1) is 27.9. The van der Waals surface area contributed by atoms with Gasteiger partial charge in [0.2, 0.25) is 11.5 Å². The number of methoxy groups -OCH3 is 1. The zero-order valence-corrected chi connectivity index (χ0v) is 34.2. The molecule has 2 N–H and O–H groups in total. The maximum Gasteiger partial charge on any atom is 0.407 e. The van der Waals surface area contributed by atoms with Crippen LogP contribution in [0.2, 0.25) is 0 Å². The van der Waals surface area contributed by atoms with E-state index in [1.165, 1.54) is 0 Å². The Morgan fingerprint density at radius 1 is 0.814 bits per heavy atom. The van der Waals surface area contributed by atoms with Crippen LogP contribution in [0.1, 0.15) is 79.2 Å². The Labute approximate surface area is 341 Å². The lowest BCUT2D eigenvalue weighted by atomic mass is 9.78. The monoisotopic (exact) mass is 838 g/mol. The second-order valence-corrected chi connectivity index (χ2v) is 13.9. The number of amides is 2. The minimum absolute atomic E-state index is 0.112. The number of carbonyl (C=O) groups is 8. The van der Waals surface area contributed by atoms with Gasteiger partial charge in [-0.2, -0.15) is 0 Å². The fourth-order valence-corrected chi connectivity index (χ4v) is 6.77. The highest BCUT2D eigenvalue weighted by molar-refractivity contribution is 5.82. The van der Waals surface area contributed by atoms with E-state index in [4.69, 9.17) is 47.4 Å². The van der Waals surface area contributed by atoms with Crippen LogP contribution in [0.4, 0.5) is 4.79 Å². The fourth-order valence-electron chi connectivity index (χ4n) is 6.77. The second-order valence-electron chi connectivity index (χ2n) is 13.9. The molecular formula is C39H54N2O18. The number of benzene rings is 1. The summed E-state index contributed by atoms with van der Waals surface area (Å²) in [4.78, 5) is 103. The largest absolute Gasteiger partial charge is 0.467 e. The average Bonchev–Trinajstić information content (AvgIpc) is 3.17. The van der Waals surface area contributed by atoms with Gasteiger partial charge in [0.1, 0.15) is 31.5 Å². The molecule has 0 spiro atoms. The van der Waals surface area contributed by atoms with Crippen molar-refractivity contribution in [1.29, 1.82) is 0 Å². The van der Waals surface area contributed by atoms with Crippen LogP contribution in [0, 0.1) is 0 Å². The van der Waals surface area contributed by atoms with E-state index in [-0.39, 0.29) is 13.2 Å². The van der Waals surface area contributed by atoms with Crippen LogP contribution >= 0.6 is 0 Å². The third-order valence-corrected chi connectivity index (χ3v) is 9.07. The Kier molecular flexibility index (Phi) is 19.0. The van der Waals surface area contributed by atoms with Gasteiger partial charge in [0.05, 0.1) is 25.8 Å². The summed E-state index contributed by atoms with van der Waals surface area (Å²) in [6.45, 7) is 5.65. The molecule has 20 heteroatoms. The summed E-state index contributed by atoms with van der Waals surface area (Å²) in [5.74, 6) is -6.43. The van der Waals surface area contributed by atoms with Gasteiger partial charge in [-0.15, -0.1) is 0 Å². The molecule has 0 aromatic heterocycles. The average molecular weight is 839 g/mol. The minimum atomic E-state index is -2.50. The van der Waals surface area contributed by atoms with E-state index in [1.54, 1.807) is 30.3 Å². The number of alkyl carbamates (subject to hydrolysis) is 1. The number of hydrogen-bond donors (Lipinski definition) is 2. The molecule has 1 aromatic rings. The molecule has 2 amide bonds. The number of esters is 6. The molecule has 0 bridgehead atoms. The number of ether oxygens (including phenoxy) is 10. The first-order valence-corrected chi connectivity index (χ1v) is 19.0. The second kappa shape index (κ2) is 23.3. The van der Waals surface area contributed by atoms with Crippen molar-refractivity contribution in [3.05, 3.63) is 35.9 Å². The highest BCUT2D eigenvalue weighted by Gasteiger charge is 2.62. The maximum atomic E-state index is 14.3. The lowest BCUT2D eigenvalue weighted by molar-refractivity contribution is -0.264. The molecule has 2 unspecified atom stereocenters. The zero-order valence-electron chi connectivity index (χ0n) is 34.2. The summed E-state index contributed by atoms with van der Waals surface area (Å²) in [7, 11) is 1.00. The van der Waals surface area contributed by atoms with Gasteiger partial charge in [0.15, 0.2) is 18.5 Å². The Morgan fingerprint density at radius 2 is 1.49 bits per heavy atom. The van der Waals surface area contributed by atoms with E-state index >= 15 is 0 Å². The van der Waals surface area contributed by atoms with Gasteiger partial charge in [-0.1, -0.05) is 30.3 Å². The molecule has 328 valence electrons. The van der Waals surface area contributed by atoms with Gasteiger partial charge in [0.25, 0.3) is 0 Å². The first-order valence-electron chi connectivity index (χ1n) is 19.0. The molecule has 0 aliphatic carbocycles. The van der Waals surface area contributed by atoms with E-state index in [9.17, 15) is 38.4 Å². The molecule has 1 aromatic carbocycles. The number of rotatable bonds is 19. The van der Waals surface area contributed by atoms with Gasteiger partial charge < -0.3 is 58.0 Å². The summed E-state index contributed by atoms with van der Waals surface area (Å²) in [6, 6.07) is 6.24. The molecule has 2 fully saturated rings. The van der Waals surface area contributed by atoms with Crippen LogP contribution in [-0.4, -0.2) is 129 Å². The normalized spacial score (nSPS) is 23.4. The van der Waals surface area contributed by atoms with E-state index in [1.807, 2.05) is 0 Å². The van der Waals surface area contributed by atoms with Crippen LogP contribution in [0.25, 0.3) is 0 Å². The van der Waals surface area contributed by atoms with Gasteiger partial charge in [-0.25, -0.2) is 9.59 Å². The maximum absolute atomic E-state index is 14.3. The van der Waals surface area contributed by atoms with E-state index < -0.39 is 122 Å². The highest BCUT2D eigenvalue weighted by Crippen LogP contribution is 2.41. The highest BCUT2D eigenvalue weighted by atomic mass is 16.7. The molecule has 2 saturated heterocycles. The lowest BCUT2D eigenvalue weighted by Gasteiger charge is -2.51. The van der Waals surface area contributed by atoms with Crippen LogP contribution in [0.3, 0.4) is 0 Å². The predicted octanol–water partition coefficient (Wildman–Crippen LogP) is 1.71. The molecule has 2 aliphatic heterocycles. The SMILES string of the molecule is COC(=O)[C@@]1(C(C[C@@H](COC2CCCCO2)NC(=O)OCc2ccccc2)OC(C)=O)C[C@H](OC(C)=O)[C@@H](NC(C)=O)[C@H]([C@H](OC(C)=O)[C@@H](COC(C)=O)OC(C)=O)O1. The zero-order chi connectivity index (χ0) is 43.7. The lowest BCUT2D eigenvalue weighted by Crippen LogP contribution is -2.72. The Morgan fingerprint density at radius 3 is 2.05 bits per heavy atom. The number of hydrogen-bond acceptors (Lipinski definition) is 18. The van der Waals surface area contributed by atoms with Crippen molar-refractivity contribution in [1.82, 2.24) is 10.6 Å². The van der Waals surface area contributed by atoms with Crippen molar-refractivity contribution in [3.63, 3.8) is 0 Å². The van der Waals surface area contributed by atoms with Crippen molar-refractivity contribution in [3.8, 4) is 0 Å². The number of carbonyl (C=O) groups excluding carboxylic acids is 8. The Hall–Kier alpha value is -5.34. The van der Waals surface area contributed by atoms with E-state index in [0.717, 1.165) is 61.5 Å². The summed E-state index contributed by atoms with van der Waals surface area (Å²) in [5, 5.41) is 5.28. The molecule has 0 radical (unpaired) electrons. The minimum Gasteiger partial charge on any atom is -0.467 e. The van der Waals surface area contributed by atoms with Crippen LogP contribution in [0.15, 0.2) is 30.3 Å². The Balaban J connectivity index is 2.21. The van der Waals surface area contributed by atoms with Gasteiger partial charge >= 0.3 is 41.9 Å².